The van der Waals surface area contributed by atoms with Crippen molar-refractivity contribution >= 4 is 16.6 Å². The molecule has 0 fully saturated rings. The molecule has 0 saturated carbocycles. The number of rotatable bonds is 3. The van der Waals surface area contributed by atoms with Gasteiger partial charge in [0.2, 0.25) is 0 Å². The van der Waals surface area contributed by atoms with Crippen LogP contribution in [-0.2, 0) is 0 Å². The van der Waals surface area contributed by atoms with Crippen LogP contribution in [0.4, 0.5) is 5.69 Å². The summed E-state index contributed by atoms with van der Waals surface area (Å²) in [7, 11) is 0. The van der Waals surface area contributed by atoms with Gasteiger partial charge in [-0.15, -0.1) is 0 Å². The van der Waals surface area contributed by atoms with E-state index in [1.807, 2.05) is 26.0 Å². The summed E-state index contributed by atoms with van der Waals surface area (Å²) in [5, 5.41) is 14.3. The zero-order valence-electron chi connectivity index (χ0n) is 10.5. The lowest BCUT2D eigenvalue weighted by Gasteiger charge is -2.13. The molecule has 3 heteroatoms. The molecule has 1 heterocycles. The predicted octanol–water partition coefficient (Wildman–Crippen LogP) is 3.38. The van der Waals surface area contributed by atoms with Gasteiger partial charge in [-0.3, -0.25) is 4.98 Å². The first-order valence-electron chi connectivity index (χ1n) is 5.97. The van der Waals surface area contributed by atoms with Crippen molar-refractivity contribution in [2.24, 2.45) is 0 Å². The maximum atomic E-state index is 10.1. The van der Waals surface area contributed by atoms with Gasteiger partial charge in [-0.1, -0.05) is 6.92 Å². The fourth-order valence-corrected chi connectivity index (χ4v) is 2.01. The van der Waals surface area contributed by atoms with Gasteiger partial charge in [0.25, 0.3) is 0 Å². The van der Waals surface area contributed by atoms with Crippen LogP contribution in [0.1, 0.15) is 24.5 Å². The third-order valence-electron chi connectivity index (χ3n) is 2.95. The van der Waals surface area contributed by atoms with E-state index >= 15 is 0 Å². The summed E-state index contributed by atoms with van der Waals surface area (Å²) in [6, 6.07) is 3.88. The summed E-state index contributed by atoms with van der Waals surface area (Å²) in [5.41, 5.74) is 3.78. The van der Waals surface area contributed by atoms with Gasteiger partial charge in [-0.05, 0) is 43.5 Å². The lowest BCUT2D eigenvalue weighted by molar-refractivity contribution is 0.477. The molecule has 0 aliphatic rings. The number of phenolic OH excluding ortho intramolecular Hbond substituents is 1. The standard InChI is InChI=1S/C14H18N2O/c1-4-6-15-11-8-10(3)14(17)12-9(2)5-7-16-13(11)12/h5,7-8,15,17H,4,6H2,1-3H3. The average molecular weight is 230 g/mol. The molecule has 1 aromatic heterocycles. The second kappa shape index (κ2) is 4.62. The monoisotopic (exact) mass is 230 g/mol. The van der Waals surface area contributed by atoms with E-state index in [0.717, 1.165) is 40.7 Å². The Morgan fingerprint density at radius 3 is 2.76 bits per heavy atom. The largest absolute Gasteiger partial charge is 0.507 e. The molecular weight excluding hydrogens is 212 g/mol. The number of pyridine rings is 1. The molecule has 0 atom stereocenters. The number of hydrogen-bond donors (Lipinski definition) is 2. The minimum atomic E-state index is 0.340. The van der Waals surface area contributed by atoms with E-state index in [1.54, 1.807) is 6.20 Å². The third kappa shape index (κ3) is 2.05. The quantitative estimate of drug-likeness (QED) is 0.794. The number of fused-ring (bicyclic) bond motifs is 1. The molecule has 0 amide bonds. The van der Waals surface area contributed by atoms with Gasteiger partial charge in [-0.25, -0.2) is 0 Å². The molecule has 0 radical (unpaired) electrons. The Kier molecular flexibility index (Phi) is 3.18. The fourth-order valence-electron chi connectivity index (χ4n) is 2.01. The van der Waals surface area contributed by atoms with Crippen LogP contribution in [0, 0.1) is 13.8 Å². The van der Waals surface area contributed by atoms with E-state index in [2.05, 4.69) is 17.2 Å². The summed E-state index contributed by atoms with van der Waals surface area (Å²) in [6.45, 7) is 6.95. The van der Waals surface area contributed by atoms with Crippen LogP contribution in [0.15, 0.2) is 18.3 Å². The number of aromatic nitrogens is 1. The maximum Gasteiger partial charge on any atom is 0.128 e. The van der Waals surface area contributed by atoms with Crippen LogP contribution in [0.3, 0.4) is 0 Å². The van der Waals surface area contributed by atoms with Crippen molar-refractivity contribution in [1.29, 1.82) is 0 Å². The number of aromatic hydroxyl groups is 1. The molecule has 0 spiro atoms. The lowest BCUT2D eigenvalue weighted by atomic mass is 10.0. The second-order valence-electron chi connectivity index (χ2n) is 4.37. The molecule has 0 aliphatic carbocycles. The molecule has 0 unspecified atom stereocenters. The van der Waals surface area contributed by atoms with Crippen LogP contribution in [0.25, 0.3) is 10.9 Å². The van der Waals surface area contributed by atoms with Crippen LogP contribution in [0.2, 0.25) is 0 Å². The van der Waals surface area contributed by atoms with Gasteiger partial charge in [0.05, 0.1) is 11.2 Å². The number of nitrogens with zero attached hydrogens (tertiary/aromatic N) is 1. The summed E-state index contributed by atoms with van der Waals surface area (Å²) in [4.78, 5) is 4.37. The summed E-state index contributed by atoms with van der Waals surface area (Å²) < 4.78 is 0. The Balaban J connectivity index is 2.69. The Morgan fingerprint density at radius 1 is 1.29 bits per heavy atom. The van der Waals surface area contributed by atoms with Crippen molar-refractivity contribution in [3.8, 4) is 5.75 Å². The van der Waals surface area contributed by atoms with E-state index in [4.69, 9.17) is 0 Å². The highest BCUT2D eigenvalue weighted by Crippen LogP contribution is 2.34. The molecule has 0 aliphatic heterocycles. The van der Waals surface area contributed by atoms with E-state index in [-0.39, 0.29) is 0 Å². The lowest BCUT2D eigenvalue weighted by Crippen LogP contribution is -2.02. The number of phenols is 1. The molecule has 1 aromatic carbocycles. The minimum absolute atomic E-state index is 0.340. The number of aryl methyl sites for hydroxylation is 2. The van der Waals surface area contributed by atoms with Crippen LogP contribution in [0.5, 0.6) is 5.75 Å². The van der Waals surface area contributed by atoms with Gasteiger partial charge < -0.3 is 10.4 Å². The molecule has 0 saturated heterocycles. The smallest absolute Gasteiger partial charge is 0.128 e. The number of anilines is 1. The zero-order chi connectivity index (χ0) is 12.4. The first kappa shape index (κ1) is 11.7. The Morgan fingerprint density at radius 2 is 2.06 bits per heavy atom. The summed E-state index contributed by atoms with van der Waals surface area (Å²) >= 11 is 0. The topological polar surface area (TPSA) is 45.1 Å². The van der Waals surface area contributed by atoms with Crippen molar-refractivity contribution in [2.75, 3.05) is 11.9 Å². The van der Waals surface area contributed by atoms with Crippen LogP contribution >= 0.6 is 0 Å². The average Bonchev–Trinajstić information content (AvgIpc) is 2.32. The molecule has 90 valence electrons. The van der Waals surface area contributed by atoms with Crippen molar-refractivity contribution in [2.45, 2.75) is 27.2 Å². The van der Waals surface area contributed by atoms with Gasteiger partial charge in [0.1, 0.15) is 5.75 Å². The highest BCUT2D eigenvalue weighted by atomic mass is 16.3. The molecule has 17 heavy (non-hydrogen) atoms. The first-order valence-corrected chi connectivity index (χ1v) is 5.97. The Bertz CT molecular complexity index is 549. The molecule has 0 bridgehead atoms. The van der Waals surface area contributed by atoms with Crippen molar-refractivity contribution in [3.05, 3.63) is 29.5 Å². The Labute approximate surface area is 102 Å². The van der Waals surface area contributed by atoms with Gasteiger partial charge >= 0.3 is 0 Å². The van der Waals surface area contributed by atoms with Gasteiger partial charge in [-0.2, -0.15) is 0 Å². The predicted molar refractivity (Wildman–Crippen MR) is 71.7 cm³/mol. The second-order valence-corrected chi connectivity index (χ2v) is 4.37. The van der Waals surface area contributed by atoms with Crippen molar-refractivity contribution in [1.82, 2.24) is 4.98 Å². The summed E-state index contributed by atoms with van der Waals surface area (Å²) in [5.74, 6) is 0.340. The molecular formula is C14H18N2O. The van der Waals surface area contributed by atoms with Crippen molar-refractivity contribution in [3.63, 3.8) is 0 Å². The normalized spacial score (nSPS) is 10.8. The third-order valence-corrected chi connectivity index (χ3v) is 2.95. The van der Waals surface area contributed by atoms with Crippen LogP contribution in [-0.4, -0.2) is 16.6 Å². The molecule has 3 nitrogen and oxygen atoms in total. The maximum absolute atomic E-state index is 10.1. The summed E-state index contributed by atoms with van der Waals surface area (Å²) in [6.07, 6.45) is 2.84. The van der Waals surface area contributed by atoms with E-state index < -0.39 is 0 Å². The number of hydrogen-bond acceptors (Lipinski definition) is 3. The SMILES string of the molecule is CCCNc1cc(C)c(O)c2c(C)ccnc12. The highest BCUT2D eigenvalue weighted by molar-refractivity contribution is 5.97. The number of benzene rings is 1. The van der Waals surface area contributed by atoms with Crippen molar-refractivity contribution < 1.29 is 5.11 Å². The molecule has 2 rings (SSSR count). The molecule has 2 N–H and O–H groups in total. The zero-order valence-corrected chi connectivity index (χ0v) is 10.5. The molecule has 2 aromatic rings. The minimum Gasteiger partial charge on any atom is -0.507 e. The fraction of sp³-hybridized carbons (Fsp3) is 0.357. The van der Waals surface area contributed by atoms with E-state index in [1.165, 1.54) is 0 Å². The van der Waals surface area contributed by atoms with E-state index in [9.17, 15) is 5.11 Å². The highest BCUT2D eigenvalue weighted by Gasteiger charge is 2.11. The first-order chi connectivity index (χ1) is 8.15. The Hall–Kier alpha value is -1.77. The van der Waals surface area contributed by atoms with Crippen LogP contribution < -0.4 is 5.32 Å². The van der Waals surface area contributed by atoms with Gasteiger partial charge in [0.15, 0.2) is 0 Å². The van der Waals surface area contributed by atoms with E-state index in [0.29, 0.717) is 5.75 Å². The van der Waals surface area contributed by atoms with Gasteiger partial charge in [0, 0.05) is 18.1 Å². The number of nitrogens with one attached hydrogen (secondary N) is 1.